The first kappa shape index (κ1) is 13.0. The molecule has 1 N–H and O–H groups in total. The van der Waals surface area contributed by atoms with Crippen molar-refractivity contribution >= 4 is 11.3 Å². The molecule has 0 aliphatic heterocycles. The van der Waals surface area contributed by atoms with Gasteiger partial charge in [-0.3, -0.25) is 4.90 Å². The van der Waals surface area contributed by atoms with E-state index in [-0.39, 0.29) is 0 Å². The van der Waals surface area contributed by atoms with Crippen molar-refractivity contribution in [3.8, 4) is 0 Å². The summed E-state index contributed by atoms with van der Waals surface area (Å²) in [6.45, 7) is 3.48. The standard InChI is InChI=1S/C13H22N2OS/c1-10-14-11-6-5-7-12(13(11)17-10)15(2)8-3-4-9-16/h12,16H,3-9H2,1-2H3. The summed E-state index contributed by atoms with van der Waals surface area (Å²) in [5.41, 5.74) is 1.33. The molecule has 0 bridgehead atoms. The van der Waals surface area contributed by atoms with Gasteiger partial charge >= 0.3 is 0 Å². The predicted molar refractivity (Wildman–Crippen MR) is 71.5 cm³/mol. The van der Waals surface area contributed by atoms with Crippen molar-refractivity contribution in [3.63, 3.8) is 0 Å². The first-order valence-electron chi connectivity index (χ1n) is 6.49. The van der Waals surface area contributed by atoms with Gasteiger partial charge < -0.3 is 5.11 Å². The van der Waals surface area contributed by atoms with Crippen LogP contribution in [-0.2, 0) is 6.42 Å². The molecule has 0 fully saturated rings. The van der Waals surface area contributed by atoms with Gasteiger partial charge in [-0.2, -0.15) is 0 Å². The fraction of sp³-hybridized carbons (Fsp3) is 0.769. The molecule has 0 spiro atoms. The lowest BCUT2D eigenvalue weighted by Crippen LogP contribution is -2.28. The van der Waals surface area contributed by atoms with Crippen molar-refractivity contribution in [3.05, 3.63) is 15.6 Å². The van der Waals surface area contributed by atoms with Crippen LogP contribution in [0.4, 0.5) is 0 Å². The third-order valence-corrected chi connectivity index (χ3v) is 4.59. The molecular formula is C13H22N2OS. The second-order valence-corrected chi connectivity index (χ2v) is 6.10. The van der Waals surface area contributed by atoms with E-state index in [4.69, 9.17) is 5.11 Å². The molecule has 3 nitrogen and oxygen atoms in total. The minimum atomic E-state index is 0.309. The zero-order chi connectivity index (χ0) is 12.3. The number of aliphatic hydroxyl groups is 1. The maximum atomic E-state index is 8.82. The van der Waals surface area contributed by atoms with Crippen LogP contribution in [0.1, 0.15) is 47.3 Å². The minimum absolute atomic E-state index is 0.309. The van der Waals surface area contributed by atoms with E-state index >= 15 is 0 Å². The van der Waals surface area contributed by atoms with Crippen molar-refractivity contribution in [1.82, 2.24) is 9.88 Å². The molecule has 1 heterocycles. The molecule has 1 aromatic rings. The van der Waals surface area contributed by atoms with E-state index in [1.807, 2.05) is 11.3 Å². The number of hydrogen-bond donors (Lipinski definition) is 1. The number of aliphatic hydroxyl groups excluding tert-OH is 1. The van der Waals surface area contributed by atoms with Gasteiger partial charge in [0, 0.05) is 17.5 Å². The number of rotatable bonds is 5. The van der Waals surface area contributed by atoms with Crippen LogP contribution in [0, 0.1) is 6.92 Å². The van der Waals surface area contributed by atoms with Crippen LogP contribution in [0.15, 0.2) is 0 Å². The van der Waals surface area contributed by atoms with Crippen LogP contribution >= 0.6 is 11.3 Å². The number of nitrogens with zero attached hydrogens (tertiary/aromatic N) is 2. The molecule has 0 aromatic carbocycles. The summed E-state index contributed by atoms with van der Waals surface area (Å²) in [6.07, 6.45) is 5.65. The Kier molecular flexibility index (Phi) is 4.54. The Hall–Kier alpha value is -0.450. The molecule has 17 heavy (non-hydrogen) atoms. The van der Waals surface area contributed by atoms with E-state index in [0.29, 0.717) is 12.6 Å². The minimum Gasteiger partial charge on any atom is -0.396 e. The van der Waals surface area contributed by atoms with Gasteiger partial charge in [-0.15, -0.1) is 11.3 Å². The molecule has 1 atom stereocenters. The normalized spacial score (nSPS) is 19.6. The summed E-state index contributed by atoms with van der Waals surface area (Å²) >= 11 is 1.86. The van der Waals surface area contributed by atoms with Gasteiger partial charge in [0.15, 0.2) is 0 Å². The second-order valence-electron chi connectivity index (χ2n) is 4.86. The molecule has 1 unspecified atom stereocenters. The molecule has 2 rings (SSSR count). The highest BCUT2D eigenvalue weighted by atomic mass is 32.1. The highest BCUT2D eigenvalue weighted by molar-refractivity contribution is 7.11. The largest absolute Gasteiger partial charge is 0.396 e. The maximum absolute atomic E-state index is 8.82. The van der Waals surface area contributed by atoms with Gasteiger partial charge in [0.1, 0.15) is 0 Å². The maximum Gasteiger partial charge on any atom is 0.0900 e. The first-order valence-corrected chi connectivity index (χ1v) is 7.31. The predicted octanol–water partition coefficient (Wildman–Crippen LogP) is 2.53. The van der Waals surface area contributed by atoms with Gasteiger partial charge in [-0.05, 0) is 52.6 Å². The zero-order valence-electron chi connectivity index (χ0n) is 10.8. The molecule has 1 aliphatic carbocycles. The van der Waals surface area contributed by atoms with Crippen LogP contribution in [0.5, 0.6) is 0 Å². The average molecular weight is 254 g/mol. The zero-order valence-corrected chi connectivity index (χ0v) is 11.6. The van der Waals surface area contributed by atoms with Gasteiger partial charge in [0.2, 0.25) is 0 Å². The van der Waals surface area contributed by atoms with Gasteiger partial charge in [-0.1, -0.05) is 0 Å². The Bertz CT molecular complexity index is 364. The van der Waals surface area contributed by atoms with Crippen molar-refractivity contribution in [2.45, 2.75) is 45.1 Å². The molecule has 96 valence electrons. The van der Waals surface area contributed by atoms with Crippen molar-refractivity contribution in [1.29, 1.82) is 0 Å². The van der Waals surface area contributed by atoms with Crippen molar-refractivity contribution < 1.29 is 5.11 Å². The van der Waals surface area contributed by atoms with Crippen LogP contribution < -0.4 is 0 Å². The van der Waals surface area contributed by atoms with Crippen LogP contribution in [-0.4, -0.2) is 35.2 Å². The lowest BCUT2D eigenvalue weighted by atomic mass is 9.97. The molecule has 1 aromatic heterocycles. The van der Waals surface area contributed by atoms with Crippen LogP contribution in [0.25, 0.3) is 0 Å². The molecule has 4 heteroatoms. The molecular weight excluding hydrogens is 232 g/mol. The summed E-state index contributed by atoms with van der Waals surface area (Å²) < 4.78 is 0. The van der Waals surface area contributed by atoms with Gasteiger partial charge in [-0.25, -0.2) is 4.98 Å². The SMILES string of the molecule is Cc1nc2c(s1)C(N(C)CCCCO)CCC2. The van der Waals surface area contributed by atoms with Gasteiger partial charge in [0.05, 0.1) is 10.7 Å². The summed E-state index contributed by atoms with van der Waals surface area (Å²) in [5, 5.41) is 10.0. The average Bonchev–Trinajstić information content (AvgIpc) is 2.69. The number of aromatic nitrogens is 1. The number of thiazole rings is 1. The van der Waals surface area contributed by atoms with Crippen molar-refractivity contribution in [2.75, 3.05) is 20.2 Å². The van der Waals surface area contributed by atoms with E-state index in [1.165, 1.54) is 28.4 Å². The fourth-order valence-corrected chi connectivity index (χ4v) is 3.74. The summed E-state index contributed by atoms with van der Waals surface area (Å²) in [6, 6.07) is 0.559. The van der Waals surface area contributed by atoms with E-state index < -0.39 is 0 Å². The topological polar surface area (TPSA) is 36.4 Å². The van der Waals surface area contributed by atoms with Crippen LogP contribution in [0.3, 0.4) is 0 Å². The summed E-state index contributed by atoms with van der Waals surface area (Å²) in [4.78, 5) is 8.55. The molecule has 1 aliphatic rings. The lowest BCUT2D eigenvalue weighted by Gasteiger charge is -2.30. The third kappa shape index (κ3) is 3.06. The van der Waals surface area contributed by atoms with E-state index in [9.17, 15) is 0 Å². The van der Waals surface area contributed by atoms with Gasteiger partial charge in [0.25, 0.3) is 0 Å². The van der Waals surface area contributed by atoms with E-state index in [0.717, 1.165) is 25.8 Å². The monoisotopic (exact) mass is 254 g/mol. The van der Waals surface area contributed by atoms with E-state index in [1.54, 1.807) is 0 Å². The lowest BCUT2D eigenvalue weighted by molar-refractivity contribution is 0.208. The van der Waals surface area contributed by atoms with Crippen LogP contribution in [0.2, 0.25) is 0 Å². The number of aryl methyl sites for hydroxylation is 2. The smallest absolute Gasteiger partial charge is 0.0900 e. The highest BCUT2D eigenvalue weighted by Gasteiger charge is 2.26. The van der Waals surface area contributed by atoms with E-state index in [2.05, 4.69) is 23.9 Å². The Balaban J connectivity index is 2.01. The highest BCUT2D eigenvalue weighted by Crippen LogP contribution is 2.37. The molecule has 0 radical (unpaired) electrons. The Morgan fingerprint density at radius 1 is 1.47 bits per heavy atom. The fourth-order valence-electron chi connectivity index (χ4n) is 2.57. The number of fused-ring (bicyclic) bond motifs is 1. The summed E-state index contributed by atoms with van der Waals surface area (Å²) in [5.74, 6) is 0. The summed E-state index contributed by atoms with van der Waals surface area (Å²) in [7, 11) is 2.20. The Morgan fingerprint density at radius 2 is 2.29 bits per heavy atom. The second kappa shape index (κ2) is 5.94. The first-order chi connectivity index (χ1) is 8.22. The number of unbranched alkanes of at least 4 members (excludes halogenated alkanes) is 1. The molecule has 0 amide bonds. The Labute approximate surface area is 107 Å². The quantitative estimate of drug-likeness (QED) is 0.820. The third-order valence-electron chi connectivity index (χ3n) is 3.48. The Morgan fingerprint density at radius 3 is 3.06 bits per heavy atom. The number of hydrogen-bond acceptors (Lipinski definition) is 4. The molecule has 0 saturated carbocycles. The van der Waals surface area contributed by atoms with Crippen molar-refractivity contribution in [2.24, 2.45) is 0 Å². The molecule has 0 saturated heterocycles.